The first-order valence-electron chi connectivity index (χ1n) is 8.16. The number of benzene rings is 2. The molecule has 4 rings (SSSR count). The fraction of sp³-hybridized carbons (Fsp3) is 0.211. The standard InChI is InChI=1S/C19H16F3N3S/c1-26-16-9-5-2-6-12(16)17-13-10-11-23-18(13)25(24-17)15-8-4-3-7-14(15)19(20,21)22/h2-9,23H,10-11H2,1H3. The number of fused-ring (bicyclic) bond motifs is 1. The van der Waals surface area contributed by atoms with Crippen LogP contribution in [0.4, 0.5) is 19.0 Å². The SMILES string of the molecule is CSc1ccccc1-c1nn(-c2ccccc2C(F)(F)F)c2c1CCN2. The summed E-state index contributed by atoms with van der Waals surface area (Å²) in [5.74, 6) is 0.646. The van der Waals surface area contributed by atoms with Crippen LogP contribution in [0.1, 0.15) is 11.1 Å². The number of rotatable bonds is 3. The molecular weight excluding hydrogens is 359 g/mol. The number of anilines is 1. The van der Waals surface area contributed by atoms with Gasteiger partial charge in [-0.25, -0.2) is 4.68 Å². The van der Waals surface area contributed by atoms with Crippen LogP contribution in [0.15, 0.2) is 53.4 Å². The molecule has 1 aliphatic heterocycles. The van der Waals surface area contributed by atoms with E-state index < -0.39 is 11.7 Å². The van der Waals surface area contributed by atoms with Crippen molar-refractivity contribution in [3.05, 3.63) is 59.7 Å². The zero-order chi connectivity index (χ0) is 18.3. The minimum Gasteiger partial charge on any atom is -0.369 e. The van der Waals surface area contributed by atoms with Crippen LogP contribution < -0.4 is 5.32 Å². The molecule has 3 aromatic rings. The Balaban J connectivity index is 1.94. The summed E-state index contributed by atoms with van der Waals surface area (Å²) in [4.78, 5) is 1.05. The fourth-order valence-corrected chi connectivity index (χ4v) is 3.90. The molecule has 2 heterocycles. The highest BCUT2D eigenvalue weighted by atomic mass is 32.2. The molecule has 2 aromatic carbocycles. The van der Waals surface area contributed by atoms with Crippen LogP contribution in [-0.4, -0.2) is 22.6 Å². The van der Waals surface area contributed by atoms with Crippen molar-refractivity contribution < 1.29 is 13.2 Å². The largest absolute Gasteiger partial charge is 0.418 e. The molecule has 0 unspecified atom stereocenters. The Kier molecular flexibility index (Phi) is 4.19. The van der Waals surface area contributed by atoms with Crippen molar-refractivity contribution in [3.63, 3.8) is 0 Å². The minimum absolute atomic E-state index is 0.0403. The highest BCUT2D eigenvalue weighted by molar-refractivity contribution is 7.98. The zero-order valence-electron chi connectivity index (χ0n) is 14.0. The van der Waals surface area contributed by atoms with E-state index in [2.05, 4.69) is 10.4 Å². The van der Waals surface area contributed by atoms with E-state index in [1.807, 2.05) is 30.5 Å². The molecule has 0 radical (unpaired) electrons. The Labute approximate surface area is 153 Å². The van der Waals surface area contributed by atoms with Crippen LogP contribution in [0.25, 0.3) is 16.9 Å². The van der Waals surface area contributed by atoms with Gasteiger partial charge in [0.05, 0.1) is 16.9 Å². The zero-order valence-corrected chi connectivity index (χ0v) is 14.8. The van der Waals surface area contributed by atoms with Crippen LogP contribution in [0.3, 0.4) is 0 Å². The van der Waals surface area contributed by atoms with Crippen LogP contribution in [-0.2, 0) is 12.6 Å². The van der Waals surface area contributed by atoms with Gasteiger partial charge in [0.15, 0.2) is 0 Å². The van der Waals surface area contributed by atoms with Crippen molar-refractivity contribution in [3.8, 4) is 16.9 Å². The molecule has 7 heteroatoms. The quantitative estimate of drug-likeness (QED) is 0.634. The molecule has 0 saturated heterocycles. The summed E-state index contributed by atoms with van der Waals surface area (Å²) in [6, 6.07) is 13.4. The maximum Gasteiger partial charge on any atom is 0.418 e. The summed E-state index contributed by atoms with van der Waals surface area (Å²) in [7, 11) is 0. The number of aromatic nitrogens is 2. The van der Waals surface area contributed by atoms with Crippen molar-refractivity contribution in [2.24, 2.45) is 0 Å². The van der Waals surface area contributed by atoms with Crippen molar-refractivity contribution in [2.75, 3.05) is 18.1 Å². The van der Waals surface area contributed by atoms with Gasteiger partial charge in [-0.3, -0.25) is 0 Å². The molecule has 0 fully saturated rings. The lowest BCUT2D eigenvalue weighted by atomic mass is 10.1. The number of para-hydroxylation sites is 1. The summed E-state index contributed by atoms with van der Waals surface area (Å²) >= 11 is 1.60. The third-order valence-corrected chi connectivity index (χ3v) is 5.25. The summed E-state index contributed by atoms with van der Waals surface area (Å²) in [5, 5.41) is 7.80. The van der Waals surface area contributed by atoms with E-state index >= 15 is 0 Å². The lowest BCUT2D eigenvalue weighted by molar-refractivity contribution is -0.137. The second-order valence-electron chi connectivity index (χ2n) is 5.98. The molecule has 1 aliphatic rings. The Morgan fingerprint density at radius 3 is 2.58 bits per heavy atom. The molecule has 0 saturated carbocycles. The van der Waals surface area contributed by atoms with Gasteiger partial charge in [0.25, 0.3) is 0 Å². The molecule has 3 nitrogen and oxygen atoms in total. The van der Waals surface area contributed by atoms with Gasteiger partial charge in [-0.1, -0.05) is 30.3 Å². The van der Waals surface area contributed by atoms with Crippen LogP contribution >= 0.6 is 11.8 Å². The first-order chi connectivity index (χ1) is 12.5. The average Bonchev–Trinajstić information content (AvgIpc) is 3.23. The predicted octanol–water partition coefficient (Wildman–Crippen LogP) is 5.25. The van der Waals surface area contributed by atoms with E-state index in [-0.39, 0.29) is 5.69 Å². The molecule has 0 bridgehead atoms. The van der Waals surface area contributed by atoms with E-state index in [1.165, 1.54) is 16.8 Å². The van der Waals surface area contributed by atoms with Gasteiger partial charge < -0.3 is 5.32 Å². The molecule has 1 N–H and O–H groups in total. The highest BCUT2D eigenvalue weighted by Crippen LogP contribution is 2.40. The maximum absolute atomic E-state index is 13.5. The number of hydrogen-bond donors (Lipinski definition) is 1. The number of alkyl halides is 3. The first kappa shape index (κ1) is 17.0. The Morgan fingerprint density at radius 2 is 1.81 bits per heavy atom. The van der Waals surface area contributed by atoms with Gasteiger partial charge in [-0.05, 0) is 30.9 Å². The molecule has 1 aromatic heterocycles. The lowest BCUT2D eigenvalue weighted by Gasteiger charge is -2.14. The van der Waals surface area contributed by atoms with E-state index in [0.717, 1.165) is 34.2 Å². The molecule has 0 atom stereocenters. The molecular formula is C19H16F3N3S. The number of thioether (sulfide) groups is 1. The minimum atomic E-state index is -4.44. The smallest absolute Gasteiger partial charge is 0.369 e. The Hall–Kier alpha value is -2.41. The predicted molar refractivity (Wildman–Crippen MR) is 98.0 cm³/mol. The van der Waals surface area contributed by atoms with E-state index in [4.69, 9.17) is 0 Å². The third kappa shape index (κ3) is 2.76. The van der Waals surface area contributed by atoms with E-state index in [0.29, 0.717) is 12.4 Å². The Morgan fingerprint density at radius 1 is 1.08 bits per heavy atom. The lowest BCUT2D eigenvalue weighted by Crippen LogP contribution is -2.13. The van der Waals surface area contributed by atoms with E-state index in [9.17, 15) is 13.2 Å². The molecule has 0 aliphatic carbocycles. The normalized spacial score (nSPS) is 13.5. The average molecular weight is 375 g/mol. The van der Waals surface area contributed by atoms with Crippen LogP contribution in [0.5, 0.6) is 0 Å². The summed E-state index contributed by atoms with van der Waals surface area (Å²) < 4.78 is 41.8. The second kappa shape index (κ2) is 6.39. The summed E-state index contributed by atoms with van der Waals surface area (Å²) in [6.45, 7) is 0.690. The third-order valence-electron chi connectivity index (χ3n) is 4.45. The summed E-state index contributed by atoms with van der Waals surface area (Å²) in [5.41, 5.74) is 2.00. The highest BCUT2D eigenvalue weighted by Gasteiger charge is 2.35. The topological polar surface area (TPSA) is 29.9 Å². The number of hydrogen-bond acceptors (Lipinski definition) is 3. The number of halogens is 3. The first-order valence-corrected chi connectivity index (χ1v) is 9.39. The van der Waals surface area contributed by atoms with Gasteiger partial charge in [-0.15, -0.1) is 11.8 Å². The molecule has 26 heavy (non-hydrogen) atoms. The molecule has 134 valence electrons. The Bertz CT molecular complexity index is 963. The van der Waals surface area contributed by atoms with Gasteiger partial charge in [0.2, 0.25) is 0 Å². The van der Waals surface area contributed by atoms with Gasteiger partial charge >= 0.3 is 6.18 Å². The summed E-state index contributed by atoms with van der Waals surface area (Å²) in [6.07, 6.45) is -1.72. The van der Waals surface area contributed by atoms with Crippen molar-refractivity contribution in [2.45, 2.75) is 17.5 Å². The van der Waals surface area contributed by atoms with Crippen molar-refractivity contribution in [1.29, 1.82) is 0 Å². The van der Waals surface area contributed by atoms with Crippen molar-refractivity contribution in [1.82, 2.24) is 9.78 Å². The maximum atomic E-state index is 13.5. The molecule has 0 spiro atoms. The number of nitrogens with zero attached hydrogens (tertiary/aromatic N) is 2. The van der Waals surface area contributed by atoms with Gasteiger partial charge in [-0.2, -0.15) is 18.3 Å². The van der Waals surface area contributed by atoms with Crippen molar-refractivity contribution >= 4 is 17.6 Å². The van der Waals surface area contributed by atoms with Gasteiger partial charge in [0, 0.05) is 22.6 Å². The fourth-order valence-electron chi connectivity index (χ4n) is 3.30. The van der Waals surface area contributed by atoms with E-state index in [1.54, 1.807) is 17.8 Å². The monoisotopic (exact) mass is 375 g/mol. The second-order valence-corrected chi connectivity index (χ2v) is 6.83. The van der Waals surface area contributed by atoms with Gasteiger partial charge in [0.1, 0.15) is 5.82 Å². The number of nitrogens with one attached hydrogen (secondary N) is 1. The molecule has 0 amide bonds. The van der Waals surface area contributed by atoms with Crippen LogP contribution in [0, 0.1) is 0 Å². The van der Waals surface area contributed by atoms with Crippen LogP contribution in [0.2, 0.25) is 0 Å².